The summed E-state index contributed by atoms with van der Waals surface area (Å²) in [6.07, 6.45) is 7.40. The SMILES string of the molecule is CC(Cc1c[nH]c2ccccc12)NC(=O)CC1CCC(c2ccc(F)cc2)(N(C)C)CC1. The number of nitrogens with one attached hydrogen (secondary N) is 2. The van der Waals surface area contributed by atoms with Crippen molar-refractivity contribution in [1.29, 1.82) is 0 Å². The summed E-state index contributed by atoms with van der Waals surface area (Å²) >= 11 is 0. The lowest BCUT2D eigenvalue weighted by Crippen LogP contribution is -2.45. The van der Waals surface area contributed by atoms with Gasteiger partial charge in [0, 0.05) is 35.1 Å². The average molecular weight is 436 g/mol. The molecule has 1 saturated carbocycles. The number of hydrogen-bond donors (Lipinski definition) is 2. The van der Waals surface area contributed by atoms with Crippen molar-refractivity contribution in [3.05, 3.63) is 71.7 Å². The summed E-state index contributed by atoms with van der Waals surface area (Å²) in [6, 6.07) is 15.3. The lowest BCUT2D eigenvalue weighted by Gasteiger charge is -2.45. The summed E-state index contributed by atoms with van der Waals surface area (Å²) in [5, 5.41) is 4.43. The minimum Gasteiger partial charge on any atom is -0.361 e. The van der Waals surface area contributed by atoms with Crippen LogP contribution in [0, 0.1) is 11.7 Å². The number of halogens is 1. The second-order valence-electron chi connectivity index (χ2n) is 9.61. The zero-order valence-electron chi connectivity index (χ0n) is 19.3. The molecule has 1 fully saturated rings. The first kappa shape index (κ1) is 22.5. The van der Waals surface area contributed by atoms with Crippen molar-refractivity contribution in [3.63, 3.8) is 0 Å². The van der Waals surface area contributed by atoms with Crippen LogP contribution in [0.25, 0.3) is 10.9 Å². The summed E-state index contributed by atoms with van der Waals surface area (Å²) in [7, 11) is 4.20. The summed E-state index contributed by atoms with van der Waals surface area (Å²) in [5.74, 6) is 0.333. The Balaban J connectivity index is 1.31. The van der Waals surface area contributed by atoms with Crippen molar-refractivity contribution < 1.29 is 9.18 Å². The van der Waals surface area contributed by atoms with Crippen LogP contribution in [0.3, 0.4) is 0 Å². The lowest BCUT2D eigenvalue weighted by molar-refractivity contribution is -0.123. The van der Waals surface area contributed by atoms with Crippen LogP contribution < -0.4 is 5.32 Å². The highest BCUT2D eigenvalue weighted by molar-refractivity contribution is 5.83. The van der Waals surface area contributed by atoms with Gasteiger partial charge in [-0.25, -0.2) is 4.39 Å². The molecule has 5 heteroatoms. The standard InChI is InChI=1S/C27H34FN3O/c1-19(16-21-18-29-25-7-5-4-6-24(21)25)30-26(32)17-20-12-14-27(15-13-20,31(2)3)22-8-10-23(28)11-9-22/h4-11,18-20,29H,12-17H2,1-3H3,(H,30,32). The lowest BCUT2D eigenvalue weighted by atomic mass is 9.71. The van der Waals surface area contributed by atoms with E-state index in [1.807, 2.05) is 30.5 Å². The molecule has 170 valence electrons. The fourth-order valence-corrected chi connectivity index (χ4v) is 5.39. The number of aromatic nitrogens is 1. The number of amides is 1. The van der Waals surface area contributed by atoms with Crippen LogP contribution >= 0.6 is 0 Å². The molecule has 32 heavy (non-hydrogen) atoms. The van der Waals surface area contributed by atoms with E-state index in [0.717, 1.165) is 37.6 Å². The zero-order valence-corrected chi connectivity index (χ0v) is 19.3. The maximum Gasteiger partial charge on any atom is 0.220 e. The van der Waals surface area contributed by atoms with Gasteiger partial charge in [0.2, 0.25) is 5.91 Å². The number of para-hydroxylation sites is 1. The second kappa shape index (κ2) is 9.45. The van der Waals surface area contributed by atoms with Crippen molar-refractivity contribution in [2.45, 2.75) is 57.0 Å². The number of benzene rings is 2. The maximum absolute atomic E-state index is 13.4. The maximum atomic E-state index is 13.4. The predicted octanol–water partition coefficient (Wildman–Crippen LogP) is 5.39. The molecular formula is C27H34FN3O. The highest BCUT2D eigenvalue weighted by Crippen LogP contribution is 2.43. The first-order valence-electron chi connectivity index (χ1n) is 11.7. The Hall–Kier alpha value is -2.66. The normalized spacial score (nSPS) is 22.2. The predicted molar refractivity (Wildman–Crippen MR) is 128 cm³/mol. The molecule has 1 unspecified atom stereocenters. The first-order valence-corrected chi connectivity index (χ1v) is 11.7. The van der Waals surface area contributed by atoms with E-state index in [2.05, 4.69) is 48.4 Å². The van der Waals surface area contributed by atoms with Gasteiger partial charge in [0.15, 0.2) is 0 Å². The molecule has 4 rings (SSSR count). The van der Waals surface area contributed by atoms with Crippen LogP contribution in [0.5, 0.6) is 0 Å². The highest BCUT2D eigenvalue weighted by Gasteiger charge is 2.39. The quantitative estimate of drug-likeness (QED) is 0.523. The number of fused-ring (bicyclic) bond motifs is 1. The number of hydrogen-bond acceptors (Lipinski definition) is 2. The Morgan fingerprint density at radius 1 is 1.16 bits per heavy atom. The minimum atomic E-state index is -0.199. The summed E-state index contributed by atoms with van der Waals surface area (Å²) in [5.41, 5.74) is 3.46. The van der Waals surface area contributed by atoms with E-state index in [-0.39, 0.29) is 23.3 Å². The summed E-state index contributed by atoms with van der Waals surface area (Å²) in [6.45, 7) is 2.08. The number of aromatic amines is 1. The number of carbonyl (C=O) groups is 1. The molecule has 0 bridgehead atoms. The van der Waals surface area contributed by atoms with Gasteiger partial charge in [0.05, 0.1) is 0 Å². The van der Waals surface area contributed by atoms with Gasteiger partial charge in [0.1, 0.15) is 5.82 Å². The van der Waals surface area contributed by atoms with E-state index in [9.17, 15) is 9.18 Å². The number of H-pyrrole nitrogens is 1. The van der Waals surface area contributed by atoms with Gasteiger partial charge in [-0.05, 0) is 88.4 Å². The fraction of sp³-hybridized carbons (Fsp3) is 0.444. The van der Waals surface area contributed by atoms with Crippen LogP contribution in [-0.4, -0.2) is 35.9 Å². The first-order chi connectivity index (χ1) is 15.4. The van der Waals surface area contributed by atoms with Crippen LogP contribution in [0.1, 0.15) is 50.2 Å². The molecular weight excluding hydrogens is 401 g/mol. The molecule has 2 aromatic carbocycles. The number of rotatable bonds is 7. The molecule has 1 amide bonds. The molecule has 1 aliphatic carbocycles. The summed E-state index contributed by atoms with van der Waals surface area (Å²) in [4.78, 5) is 18.3. The van der Waals surface area contributed by atoms with E-state index in [1.165, 1.54) is 16.5 Å². The average Bonchev–Trinajstić information content (AvgIpc) is 3.17. The van der Waals surface area contributed by atoms with Crippen LogP contribution in [0.2, 0.25) is 0 Å². The Morgan fingerprint density at radius 3 is 2.53 bits per heavy atom. The van der Waals surface area contributed by atoms with E-state index >= 15 is 0 Å². The Morgan fingerprint density at radius 2 is 1.84 bits per heavy atom. The van der Waals surface area contributed by atoms with Crippen LogP contribution in [-0.2, 0) is 16.8 Å². The van der Waals surface area contributed by atoms with E-state index < -0.39 is 0 Å². The van der Waals surface area contributed by atoms with Crippen LogP contribution in [0.15, 0.2) is 54.7 Å². The minimum absolute atomic E-state index is 0.0801. The van der Waals surface area contributed by atoms with E-state index in [4.69, 9.17) is 0 Å². The monoisotopic (exact) mass is 435 g/mol. The third-order valence-electron chi connectivity index (χ3n) is 7.25. The fourth-order valence-electron chi connectivity index (χ4n) is 5.39. The van der Waals surface area contributed by atoms with E-state index in [1.54, 1.807) is 12.1 Å². The molecule has 0 saturated heterocycles. The molecule has 1 atom stereocenters. The highest BCUT2D eigenvalue weighted by atomic mass is 19.1. The molecule has 4 nitrogen and oxygen atoms in total. The number of carbonyl (C=O) groups excluding carboxylic acids is 1. The third-order valence-corrected chi connectivity index (χ3v) is 7.25. The molecule has 1 aliphatic rings. The van der Waals surface area contributed by atoms with Gasteiger partial charge < -0.3 is 10.3 Å². The van der Waals surface area contributed by atoms with Crippen molar-refractivity contribution in [2.75, 3.05) is 14.1 Å². The van der Waals surface area contributed by atoms with Crippen molar-refractivity contribution in [3.8, 4) is 0 Å². The second-order valence-corrected chi connectivity index (χ2v) is 9.61. The van der Waals surface area contributed by atoms with Crippen molar-refractivity contribution in [1.82, 2.24) is 15.2 Å². The van der Waals surface area contributed by atoms with Gasteiger partial charge >= 0.3 is 0 Å². The smallest absolute Gasteiger partial charge is 0.220 e. The largest absolute Gasteiger partial charge is 0.361 e. The van der Waals surface area contributed by atoms with Gasteiger partial charge in [-0.15, -0.1) is 0 Å². The van der Waals surface area contributed by atoms with Gasteiger partial charge in [-0.2, -0.15) is 0 Å². The number of nitrogens with zero attached hydrogens (tertiary/aromatic N) is 1. The summed E-state index contributed by atoms with van der Waals surface area (Å²) < 4.78 is 13.4. The molecule has 1 heterocycles. The van der Waals surface area contributed by atoms with Crippen molar-refractivity contribution >= 4 is 16.8 Å². The molecule has 2 N–H and O–H groups in total. The molecule has 0 aliphatic heterocycles. The third kappa shape index (κ3) is 4.73. The Bertz CT molecular complexity index is 1050. The van der Waals surface area contributed by atoms with Crippen molar-refractivity contribution in [2.24, 2.45) is 5.92 Å². The molecule has 0 radical (unpaired) electrons. The van der Waals surface area contributed by atoms with Gasteiger partial charge in [-0.1, -0.05) is 30.3 Å². The van der Waals surface area contributed by atoms with Crippen LogP contribution in [0.4, 0.5) is 4.39 Å². The zero-order chi connectivity index (χ0) is 22.7. The van der Waals surface area contributed by atoms with Gasteiger partial charge in [0.25, 0.3) is 0 Å². The molecule has 3 aromatic rings. The topological polar surface area (TPSA) is 48.1 Å². The van der Waals surface area contributed by atoms with Gasteiger partial charge in [-0.3, -0.25) is 9.69 Å². The molecule has 0 spiro atoms. The Kier molecular flexibility index (Phi) is 6.66. The molecule has 1 aromatic heterocycles. The Labute approximate surface area is 190 Å². The van der Waals surface area contributed by atoms with E-state index in [0.29, 0.717) is 12.3 Å².